The van der Waals surface area contributed by atoms with Crippen molar-refractivity contribution in [3.8, 4) is 5.75 Å². The van der Waals surface area contributed by atoms with Gasteiger partial charge in [0.1, 0.15) is 17.7 Å². The number of benzene rings is 1. The van der Waals surface area contributed by atoms with Crippen LogP contribution in [0.3, 0.4) is 0 Å². The molecule has 208 valence electrons. The normalized spacial score (nSPS) is 13.5. The first-order chi connectivity index (χ1) is 18.4. The molecular weight excluding hydrogens is 498 g/mol. The number of rotatable bonds is 16. The van der Waals surface area contributed by atoms with Gasteiger partial charge in [0.05, 0.1) is 6.61 Å². The van der Waals surface area contributed by atoms with Crippen molar-refractivity contribution in [3.63, 3.8) is 0 Å². The smallest absolute Gasteiger partial charge is 0.326 e. The molecule has 11 heteroatoms. The molecular formula is C27H36F2N4O5. The van der Waals surface area contributed by atoms with Crippen LogP contribution in [0, 0.1) is 11.6 Å². The Kier molecular flexibility index (Phi) is 11.7. The predicted molar refractivity (Wildman–Crippen MR) is 138 cm³/mol. The van der Waals surface area contributed by atoms with Gasteiger partial charge < -0.3 is 30.1 Å². The molecule has 1 atom stereocenters. The standard InChI is InChI=1S/C27H36F2N4O5/c1-37-16-15-33(13-3-2-6-21-9-7-19-5-4-12-30-26(19)31-21)14-11-23(27(35)36)32-25(34)18-38-24-10-8-20(28)17-22(24)29/h7-10,17,23H,2-6,11-16,18H2,1H3,(H,30,31)(H,32,34)(H,35,36)/t23-/m0/s1. The summed E-state index contributed by atoms with van der Waals surface area (Å²) in [4.78, 5) is 30.8. The molecule has 2 aromatic rings. The molecule has 38 heavy (non-hydrogen) atoms. The van der Waals surface area contributed by atoms with Crippen molar-refractivity contribution in [3.05, 3.63) is 53.2 Å². The first-order valence-electron chi connectivity index (χ1n) is 12.9. The van der Waals surface area contributed by atoms with Crippen LogP contribution in [0.2, 0.25) is 0 Å². The third-order valence-electron chi connectivity index (χ3n) is 6.34. The average molecular weight is 535 g/mol. The second kappa shape index (κ2) is 15.2. The van der Waals surface area contributed by atoms with E-state index in [0.29, 0.717) is 25.8 Å². The molecule has 0 fully saturated rings. The van der Waals surface area contributed by atoms with E-state index in [1.54, 1.807) is 7.11 Å². The summed E-state index contributed by atoms with van der Waals surface area (Å²) in [5.41, 5.74) is 2.32. The van der Waals surface area contributed by atoms with Crippen LogP contribution in [0.4, 0.5) is 14.6 Å². The van der Waals surface area contributed by atoms with E-state index in [2.05, 4.69) is 27.7 Å². The summed E-state index contributed by atoms with van der Waals surface area (Å²) in [6, 6.07) is 5.81. The monoisotopic (exact) mass is 534 g/mol. The molecule has 0 radical (unpaired) electrons. The van der Waals surface area contributed by atoms with Gasteiger partial charge in [-0.25, -0.2) is 18.6 Å². The number of nitrogens with one attached hydrogen (secondary N) is 2. The molecule has 1 aliphatic heterocycles. The van der Waals surface area contributed by atoms with E-state index in [-0.39, 0.29) is 12.2 Å². The van der Waals surface area contributed by atoms with Crippen LogP contribution in [0.25, 0.3) is 0 Å². The number of aromatic nitrogens is 1. The van der Waals surface area contributed by atoms with Crippen molar-refractivity contribution in [2.45, 2.75) is 44.6 Å². The summed E-state index contributed by atoms with van der Waals surface area (Å²) in [7, 11) is 1.61. The highest BCUT2D eigenvalue weighted by Crippen LogP contribution is 2.20. The van der Waals surface area contributed by atoms with Crippen molar-refractivity contribution in [2.75, 3.05) is 51.8 Å². The number of hydrogen-bond donors (Lipinski definition) is 3. The third kappa shape index (κ3) is 9.53. The largest absolute Gasteiger partial charge is 0.481 e. The lowest BCUT2D eigenvalue weighted by molar-refractivity contribution is -0.142. The van der Waals surface area contributed by atoms with Gasteiger partial charge in [-0.1, -0.05) is 6.07 Å². The van der Waals surface area contributed by atoms with E-state index in [4.69, 9.17) is 14.5 Å². The number of methoxy groups -OCH3 is 1. The van der Waals surface area contributed by atoms with E-state index in [9.17, 15) is 23.5 Å². The first kappa shape index (κ1) is 29.2. The number of carboxylic acids is 1. The highest BCUT2D eigenvalue weighted by Gasteiger charge is 2.21. The Bertz CT molecular complexity index is 1070. The molecule has 1 aromatic carbocycles. The van der Waals surface area contributed by atoms with Gasteiger partial charge in [0.25, 0.3) is 5.91 Å². The molecule has 9 nitrogen and oxygen atoms in total. The number of ether oxygens (including phenoxy) is 2. The minimum atomic E-state index is -1.18. The Morgan fingerprint density at radius 1 is 1.18 bits per heavy atom. The summed E-state index contributed by atoms with van der Waals surface area (Å²) in [6.45, 7) is 2.68. The van der Waals surface area contributed by atoms with E-state index in [0.717, 1.165) is 68.8 Å². The number of halogens is 2. The maximum atomic E-state index is 13.7. The highest BCUT2D eigenvalue weighted by molar-refractivity contribution is 5.84. The van der Waals surface area contributed by atoms with Gasteiger partial charge in [0.15, 0.2) is 18.2 Å². The molecule has 1 aliphatic rings. The molecule has 3 rings (SSSR count). The number of fused-ring (bicyclic) bond motifs is 1. The fourth-order valence-corrected chi connectivity index (χ4v) is 4.25. The minimum Gasteiger partial charge on any atom is -0.481 e. The van der Waals surface area contributed by atoms with E-state index in [1.165, 1.54) is 5.56 Å². The second-order valence-corrected chi connectivity index (χ2v) is 9.24. The van der Waals surface area contributed by atoms with Crippen LogP contribution < -0.4 is 15.4 Å². The predicted octanol–water partition coefficient (Wildman–Crippen LogP) is 3.03. The molecule has 0 spiro atoms. The van der Waals surface area contributed by atoms with Crippen molar-refractivity contribution in [1.82, 2.24) is 15.2 Å². The quantitative estimate of drug-likeness (QED) is 0.282. The van der Waals surface area contributed by atoms with Gasteiger partial charge in [-0.3, -0.25) is 4.79 Å². The van der Waals surface area contributed by atoms with Crippen LogP contribution in [-0.4, -0.2) is 79.4 Å². The summed E-state index contributed by atoms with van der Waals surface area (Å²) in [5.74, 6) is -2.90. The van der Waals surface area contributed by atoms with Gasteiger partial charge in [-0.15, -0.1) is 0 Å². The number of carboxylic acid groups (broad SMARTS) is 1. The number of aliphatic carboxylic acids is 1. The van der Waals surface area contributed by atoms with Crippen LogP contribution in [0.1, 0.15) is 36.9 Å². The topological polar surface area (TPSA) is 113 Å². The van der Waals surface area contributed by atoms with Crippen LogP contribution in [0.15, 0.2) is 30.3 Å². The zero-order chi connectivity index (χ0) is 27.3. The fraction of sp³-hybridized carbons (Fsp3) is 0.519. The average Bonchev–Trinajstić information content (AvgIpc) is 2.90. The van der Waals surface area contributed by atoms with Gasteiger partial charge in [-0.2, -0.15) is 0 Å². The zero-order valence-corrected chi connectivity index (χ0v) is 21.7. The lowest BCUT2D eigenvalue weighted by atomic mass is 10.1. The van der Waals surface area contributed by atoms with Gasteiger partial charge in [0.2, 0.25) is 0 Å². The van der Waals surface area contributed by atoms with Gasteiger partial charge in [0, 0.05) is 38.5 Å². The molecule has 0 unspecified atom stereocenters. The lowest BCUT2D eigenvalue weighted by Crippen LogP contribution is -2.45. The van der Waals surface area contributed by atoms with E-state index in [1.807, 2.05) is 0 Å². The SMILES string of the molecule is COCCN(CCCCc1ccc2c(n1)NCCC2)CC[C@H](NC(=O)COc1ccc(F)cc1F)C(=O)O. The number of carbonyl (C=O) groups excluding carboxylic acids is 1. The molecule has 0 saturated carbocycles. The van der Waals surface area contributed by atoms with Crippen LogP contribution in [-0.2, 0) is 27.2 Å². The minimum absolute atomic E-state index is 0.174. The lowest BCUT2D eigenvalue weighted by Gasteiger charge is -2.24. The van der Waals surface area contributed by atoms with Gasteiger partial charge >= 0.3 is 5.97 Å². The summed E-state index contributed by atoms with van der Waals surface area (Å²) >= 11 is 0. The molecule has 0 bridgehead atoms. The fourth-order valence-electron chi connectivity index (χ4n) is 4.25. The summed E-state index contributed by atoms with van der Waals surface area (Å²) in [6.07, 6.45) is 5.05. The first-order valence-corrected chi connectivity index (χ1v) is 12.9. The van der Waals surface area contributed by atoms with Crippen LogP contribution in [0.5, 0.6) is 5.75 Å². The number of anilines is 1. The Morgan fingerprint density at radius 3 is 2.79 bits per heavy atom. The Hall–Kier alpha value is -3.31. The molecule has 3 N–H and O–H groups in total. The number of amides is 1. The zero-order valence-electron chi connectivity index (χ0n) is 21.7. The molecule has 0 aliphatic carbocycles. The Morgan fingerprint density at radius 2 is 2.03 bits per heavy atom. The maximum absolute atomic E-state index is 13.7. The van der Waals surface area contributed by atoms with Crippen molar-refractivity contribution >= 4 is 17.7 Å². The number of pyridine rings is 1. The second-order valence-electron chi connectivity index (χ2n) is 9.24. The maximum Gasteiger partial charge on any atom is 0.326 e. The van der Waals surface area contributed by atoms with Crippen molar-refractivity contribution in [2.24, 2.45) is 0 Å². The third-order valence-corrected chi connectivity index (χ3v) is 6.34. The number of unbranched alkanes of at least 4 members (excludes halogenated alkanes) is 1. The number of aryl methyl sites for hydroxylation is 2. The summed E-state index contributed by atoms with van der Waals surface area (Å²) < 4.78 is 36.9. The van der Waals surface area contributed by atoms with E-state index >= 15 is 0 Å². The molecule has 1 aromatic heterocycles. The molecule has 2 heterocycles. The highest BCUT2D eigenvalue weighted by atomic mass is 19.1. The van der Waals surface area contributed by atoms with Crippen molar-refractivity contribution < 1.29 is 33.0 Å². The Labute approximate surface area is 221 Å². The van der Waals surface area contributed by atoms with Gasteiger partial charge in [-0.05, 0) is 68.8 Å². The summed E-state index contributed by atoms with van der Waals surface area (Å²) in [5, 5.41) is 15.3. The Balaban J connectivity index is 1.43. The van der Waals surface area contributed by atoms with E-state index < -0.39 is 36.2 Å². The number of nitrogens with zero attached hydrogens (tertiary/aromatic N) is 2. The molecule has 0 saturated heterocycles. The van der Waals surface area contributed by atoms with Crippen LogP contribution >= 0.6 is 0 Å². The number of hydrogen-bond acceptors (Lipinski definition) is 7. The molecule has 1 amide bonds. The number of carbonyl (C=O) groups is 2. The van der Waals surface area contributed by atoms with Crippen molar-refractivity contribution in [1.29, 1.82) is 0 Å².